The van der Waals surface area contributed by atoms with Crippen LogP contribution in [-0.2, 0) is 0 Å². The average molecular weight is 254 g/mol. The molecule has 2 aromatic rings. The fourth-order valence-corrected chi connectivity index (χ4v) is 1.52. The Balaban J connectivity index is 2.06. The maximum absolute atomic E-state index is 11.9. The van der Waals surface area contributed by atoms with Gasteiger partial charge >= 0.3 is 5.97 Å². The van der Waals surface area contributed by atoms with Crippen LogP contribution in [0.3, 0.4) is 0 Å². The summed E-state index contributed by atoms with van der Waals surface area (Å²) in [6.45, 7) is 3.99. The van der Waals surface area contributed by atoms with Gasteiger partial charge < -0.3 is 9.47 Å². The molecule has 0 N–H and O–H groups in total. The molecule has 96 valence electrons. The standard InChI is InChI=1S/C16H14O3/c1-2-11-18-14-9-6-10-15(12-14)19-16(17)13-7-4-3-5-8-13/h2-10,12H,1,11H2. The summed E-state index contributed by atoms with van der Waals surface area (Å²) in [5.74, 6) is 0.704. The molecule has 0 saturated carbocycles. The second-order valence-corrected chi connectivity index (χ2v) is 3.83. The van der Waals surface area contributed by atoms with Crippen LogP contribution in [0.4, 0.5) is 0 Å². The molecule has 0 unspecified atom stereocenters. The van der Waals surface area contributed by atoms with Gasteiger partial charge in [0.1, 0.15) is 18.1 Å². The van der Waals surface area contributed by atoms with Gasteiger partial charge in [-0.05, 0) is 24.3 Å². The van der Waals surface area contributed by atoms with Gasteiger partial charge in [-0.3, -0.25) is 0 Å². The first-order valence-corrected chi connectivity index (χ1v) is 5.90. The van der Waals surface area contributed by atoms with Crippen molar-refractivity contribution in [1.82, 2.24) is 0 Å². The highest BCUT2D eigenvalue weighted by molar-refractivity contribution is 5.90. The van der Waals surface area contributed by atoms with Gasteiger partial charge in [-0.25, -0.2) is 4.79 Å². The van der Waals surface area contributed by atoms with Crippen LogP contribution in [0.15, 0.2) is 67.3 Å². The third-order valence-electron chi connectivity index (χ3n) is 2.39. The molecule has 0 spiro atoms. The van der Waals surface area contributed by atoms with Gasteiger partial charge in [-0.15, -0.1) is 0 Å². The zero-order chi connectivity index (χ0) is 13.5. The summed E-state index contributed by atoms with van der Waals surface area (Å²) >= 11 is 0. The Hall–Kier alpha value is -2.55. The lowest BCUT2D eigenvalue weighted by molar-refractivity contribution is 0.0734. The summed E-state index contributed by atoms with van der Waals surface area (Å²) in [6, 6.07) is 15.8. The van der Waals surface area contributed by atoms with Gasteiger partial charge in [0.05, 0.1) is 5.56 Å². The van der Waals surface area contributed by atoms with Crippen molar-refractivity contribution in [2.45, 2.75) is 0 Å². The smallest absolute Gasteiger partial charge is 0.343 e. The predicted molar refractivity (Wildman–Crippen MR) is 73.5 cm³/mol. The van der Waals surface area contributed by atoms with E-state index in [0.29, 0.717) is 23.7 Å². The van der Waals surface area contributed by atoms with E-state index in [0.717, 1.165) is 0 Å². The molecular weight excluding hydrogens is 240 g/mol. The van der Waals surface area contributed by atoms with E-state index in [1.54, 1.807) is 54.6 Å². The second-order valence-electron chi connectivity index (χ2n) is 3.83. The number of benzene rings is 2. The summed E-state index contributed by atoms with van der Waals surface area (Å²) in [7, 11) is 0. The number of carbonyl (C=O) groups is 1. The van der Waals surface area contributed by atoms with Crippen molar-refractivity contribution in [3.63, 3.8) is 0 Å². The van der Waals surface area contributed by atoms with E-state index in [2.05, 4.69) is 6.58 Å². The van der Waals surface area contributed by atoms with Gasteiger partial charge in [0, 0.05) is 6.07 Å². The molecule has 0 fully saturated rings. The molecule has 3 nitrogen and oxygen atoms in total. The van der Waals surface area contributed by atoms with Crippen LogP contribution in [-0.4, -0.2) is 12.6 Å². The van der Waals surface area contributed by atoms with Crippen molar-refractivity contribution in [3.8, 4) is 11.5 Å². The lowest BCUT2D eigenvalue weighted by Crippen LogP contribution is -2.08. The third kappa shape index (κ3) is 3.71. The number of carbonyl (C=O) groups excluding carboxylic acids is 1. The fourth-order valence-electron chi connectivity index (χ4n) is 1.52. The Morgan fingerprint density at radius 3 is 2.53 bits per heavy atom. The van der Waals surface area contributed by atoms with E-state index in [1.807, 2.05) is 6.07 Å². The third-order valence-corrected chi connectivity index (χ3v) is 2.39. The Morgan fingerprint density at radius 1 is 1.05 bits per heavy atom. The van der Waals surface area contributed by atoms with Crippen molar-refractivity contribution >= 4 is 5.97 Å². The molecule has 0 aromatic heterocycles. The number of hydrogen-bond acceptors (Lipinski definition) is 3. The van der Waals surface area contributed by atoms with Crippen molar-refractivity contribution in [3.05, 3.63) is 72.8 Å². The molecule has 0 radical (unpaired) electrons. The normalized spacial score (nSPS) is 9.68. The van der Waals surface area contributed by atoms with Crippen LogP contribution in [0.5, 0.6) is 11.5 Å². The highest BCUT2D eigenvalue weighted by Gasteiger charge is 2.08. The van der Waals surface area contributed by atoms with Crippen LogP contribution >= 0.6 is 0 Å². The van der Waals surface area contributed by atoms with Crippen molar-refractivity contribution in [2.75, 3.05) is 6.61 Å². The second kappa shape index (κ2) is 6.40. The largest absolute Gasteiger partial charge is 0.489 e. The topological polar surface area (TPSA) is 35.5 Å². The minimum Gasteiger partial charge on any atom is -0.489 e. The predicted octanol–water partition coefficient (Wildman–Crippen LogP) is 3.47. The first kappa shape index (κ1) is 12.9. The summed E-state index contributed by atoms with van der Waals surface area (Å²) in [5.41, 5.74) is 0.514. The molecule has 0 atom stereocenters. The summed E-state index contributed by atoms with van der Waals surface area (Å²) in [4.78, 5) is 11.9. The van der Waals surface area contributed by atoms with Crippen molar-refractivity contribution in [2.24, 2.45) is 0 Å². The van der Waals surface area contributed by atoms with Gasteiger partial charge in [0.25, 0.3) is 0 Å². The maximum Gasteiger partial charge on any atom is 0.343 e. The molecule has 19 heavy (non-hydrogen) atoms. The quantitative estimate of drug-likeness (QED) is 0.465. The molecule has 3 heteroatoms. The molecule has 0 aliphatic carbocycles. The van der Waals surface area contributed by atoms with Gasteiger partial charge in [0.2, 0.25) is 0 Å². The molecule has 2 aromatic carbocycles. The SMILES string of the molecule is C=CCOc1cccc(OC(=O)c2ccccc2)c1. The van der Waals surface area contributed by atoms with E-state index < -0.39 is 0 Å². The fraction of sp³-hybridized carbons (Fsp3) is 0.0625. The van der Waals surface area contributed by atoms with Crippen LogP contribution in [0.1, 0.15) is 10.4 Å². The van der Waals surface area contributed by atoms with Gasteiger partial charge in [-0.2, -0.15) is 0 Å². The summed E-state index contributed by atoms with van der Waals surface area (Å²) in [5, 5.41) is 0. The van der Waals surface area contributed by atoms with E-state index in [1.165, 1.54) is 0 Å². The Bertz CT molecular complexity index is 561. The lowest BCUT2D eigenvalue weighted by Gasteiger charge is -2.07. The molecule has 0 amide bonds. The molecule has 0 aliphatic rings. The van der Waals surface area contributed by atoms with Crippen LogP contribution in [0.25, 0.3) is 0 Å². The van der Waals surface area contributed by atoms with E-state index in [4.69, 9.17) is 9.47 Å². The Morgan fingerprint density at radius 2 is 1.79 bits per heavy atom. The van der Waals surface area contributed by atoms with E-state index >= 15 is 0 Å². The van der Waals surface area contributed by atoms with Gasteiger partial charge in [0.15, 0.2) is 0 Å². The number of hydrogen-bond donors (Lipinski definition) is 0. The van der Waals surface area contributed by atoms with Crippen molar-refractivity contribution in [1.29, 1.82) is 0 Å². The Kier molecular flexibility index (Phi) is 4.34. The minimum absolute atomic E-state index is 0.388. The minimum atomic E-state index is -0.388. The number of rotatable bonds is 5. The number of ether oxygens (including phenoxy) is 2. The first-order chi connectivity index (χ1) is 9.29. The van der Waals surface area contributed by atoms with Crippen molar-refractivity contribution < 1.29 is 14.3 Å². The molecule has 0 aliphatic heterocycles. The highest BCUT2D eigenvalue weighted by Crippen LogP contribution is 2.20. The van der Waals surface area contributed by atoms with E-state index in [9.17, 15) is 4.79 Å². The molecule has 0 heterocycles. The van der Waals surface area contributed by atoms with Crippen LogP contribution in [0, 0.1) is 0 Å². The monoisotopic (exact) mass is 254 g/mol. The van der Waals surface area contributed by atoms with Crippen LogP contribution < -0.4 is 9.47 Å². The lowest BCUT2D eigenvalue weighted by atomic mass is 10.2. The first-order valence-electron chi connectivity index (χ1n) is 5.90. The average Bonchev–Trinajstić information content (AvgIpc) is 2.46. The van der Waals surface area contributed by atoms with E-state index in [-0.39, 0.29) is 5.97 Å². The summed E-state index contributed by atoms with van der Waals surface area (Å²) < 4.78 is 10.7. The molecule has 2 rings (SSSR count). The zero-order valence-corrected chi connectivity index (χ0v) is 10.4. The number of esters is 1. The zero-order valence-electron chi connectivity index (χ0n) is 10.4. The highest BCUT2D eigenvalue weighted by atomic mass is 16.5. The molecular formula is C16H14O3. The summed E-state index contributed by atoms with van der Waals surface area (Å²) in [6.07, 6.45) is 1.66. The Labute approximate surface area is 112 Å². The molecule has 0 saturated heterocycles. The molecule has 0 bridgehead atoms. The van der Waals surface area contributed by atoms with Crippen LogP contribution in [0.2, 0.25) is 0 Å². The maximum atomic E-state index is 11.9. The van der Waals surface area contributed by atoms with Gasteiger partial charge in [-0.1, -0.05) is 36.9 Å².